The summed E-state index contributed by atoms with van der Waals surface area (Å²) in [6, 6.07) is -0.519. The van der Waals surface area contributed by atoms with Crippen molar-refractivity contribution in [3.63, 3.8) is 0 Å². The first-order chi connectivity index (χ1) is 21.4. The Kier molecular flexibility index (Phi) is 31.6. The van der Waals surface area contributed by atoms with Crippen LogP contribution in [0, 0.1) is 0 Å². The van der Waals surface area contributed by atoms with Gasteiger partial charge in [-0.05, 0) is 19.3 Å². The van der Waals surface area contributed by atoms with Gasteiger partial charge >= 0.3 is 11.9 Å². The highest BCUT2D eigenvalue weighted by Gasteiger charge is 2.27. The molecule has 0 spiro atoms. The zero-order valence-corrected chi connectivity index (χ0v) is 29.7. The Bertz CT molecular complexity index is 668. The number of carbonyl (C=O) groups excluding carboxylic acids is 3. The minimum atomic E-state index is -0.519. The molecule has 0 aromatic carbocycles. The third kappa shape index (κ3) is 30.4. The molecular weight excluding hydrogens is 550 g/mol. The Morgan fingerprint density at radius 3 is 1.23 bits per heavy atom. The normalized spacial score (nSPS) is 12.5. The summed E-state index contributed by atoms with van der Waals surface area (Å²) in [5.41, 5.74) is 0. The monoisotopic (exact) mass is 624 g/mol. The third-order valence-electron chi connectivity index (χ3n) is 8.68. The van der Waals surface area contributed by atoms with E-state index >= 15 is 0 Å². The summed E-state index contributed by atoms with van der Waals surface area (Å²) in [5.74, 6) is -0.835. The second-order valence-corrected chi connectivity index (χ2v) is 13.1. The molecule has 6 nitrogen and oxygen atoms in total. The van der Waals surface area contributed by atoms with E-state index in [0.717, 1.165) is 32.1 Å². The van der Waals surface area contributed by atoms with E-state index in [4.69, 9.17) is 9.47 Å². The van der Waals surface area contributed by atoms with Crippen LogP contribution in [0.4, 0.5) is 0 Å². The molecule has 0 heterocycles. The van der Waals surface area contributed by atoms with Crippen LogP contribution in [0.25, 0.3) is 0 Å². The van der Waals surface area contributed by atoms with Gasteiger partial charge in [0.2, 0.25) is 5.91 Å². The highest BCUT2D eigenvalue weighted by atomic mass is 16.6. The van der Waals surface area contributed by atoms with E-state index < -0.39 is 18.1 Å². The van der Waals surface area contributed by atoms with Gasteiger partial charge in [0.15, 0.2) is 0 Å². The van der Waals surface area contributed by atoms with Crippen LogP contribution in [0.2, 0.25) is 0 Å². The highest BCUT2D eigenvalue weighted by molar-refractivity contribution is 5.76. The highest BCUT2D eigenvalue weighted by Crippen LogP contribution is 2.17. The lowest BCUT2D eigenvalue weighted by atomic mass is 10.0. The maximum Gasteiger partial charge on any atom is 0.302 e. The summed E-state index contributed by atoms with van der Waals surface area (Å²) < 4.78 is 10.9. The van der Waals surface area contributed by atoms with Crippen molar-refractivity contribution in [2.45, 2.75) is 220 Å². The predicted octanol–water partition coefficient (Wildman–Crippen LogP) is 10.9. The number of carbonyl (C=O) groups is 3. The van der Waals surface area contributed by atoms with E-state index in [0.29, 0.717) is 12.8 Å². The van der Waals surface area contributed by atoms with Crippen LogP contribution >= 0.6 is 0 Å². The summed E-state index contributed by atoms with van der Waals surface area (Å²) in [4.78, 5) is 36.2. The summed E-state index contributed by atoms with van der Waals surface area (Å²) in [7, 11) is 0. The Morgan fingerprint density at radius 1 is 0.500 bits per heavy atom. The van der Waals surface area contributed by atoms with Crippen molar-refractivity contribution in [1.82, 2.24) is 5.32 Å². The maximum atomic E-state index is 12.8. The number of esters is 2. The van der Waals surface area contributed by atoms with Gasteiger partial charge in [-0.15, -0.1) is 0 Å². The molecule has 260 valence electrons. The molecule has 0 rings (SSSR count). The number of unbranched alkanes of at least 4 members (excludes halogenated alkanes) is 24. The summed E-state index contributed by atoms with van der Waals surface area (Å²) in [6.45, 7) is 7.30. The van der Waals surface area contributed by atoms with Crippen molar-refractivity contribution < 1.29 is 23.9 Å². The lowest BCUT2D eigenvalue weighted by molar-refractivity contribution is -0.152. The number of hydrogen-bond acceptors (Lipinski definition) is 5. The van der Waals surface area contributed by atoms with Gasteiger partial charge < -0.3 is 14.8 Å². The maximum absolute atomic E-state index is 12.8. The van der Waals surface area contributed by atoms with Crippen LogP contribution in [-0.4, -0.2) is 36.6 Å². The van der Waals surface area contributed by atoms with Crippen LogP contribution in [0.5, 0.6) is 0 Å². The Labute approximate surface area is 273 Å². The third-order valence-corrected chi connectivity index (χ3v) is 8.68. The van der Waals surface area contributed by atoms with Crippen molar-refractivity contribution in [1.29, 1.82) is 0 Å². The fraction of sp³-hybridized carbons (Fsp3) is 0.921. The molecule has 0 aromatic rings. The number of ether oxygens (including phenoxy) is 2. The molecule has 0 unspecified atom stereocenters. The van der Waals surface area contributed by atoms with Crippen LogP contribution in [0.3, 0.4) is 0 Å². The number of rotatable bonds is 33. The molecule has 0 radical (unpaired) electrons. The van der Waals surface area contributed by atoms with Crippen molar-refractivity contribution >= 4 is 17.8 Å². The first kappa shape index (κ1) is 42.4. The quantitative estimate of drug-likeness (QED) is 0.0581. The first-order valence-corrected chi connectivity index (χ1v) is 19.0. The van der Waals surface area contributed by atoms with E-state index in [-0.39, 0.29) is 18.5 Å². The minimum Gasteiger partial charge on any atom is -0.464 e. The molecule has 1 N–H and O–H groups in total. The molecule has 2 atom stereocenters. The minimum absolute atomic E-state index is 0.0237. The Hall–Kier alpha value is -1.59. The molecule has 0 aliphatic carbocycles. The van der Waals surface area contributed by atoms with Gasteiger partial charge in [-0.3, -0.25) is 14.4 Å². The number of hydrogen-bond donors (Lipinski definition) is 1. The first-order valence-electron chi connectivity index (χ1n) is 19.0. The summed E-state index contributed by atoms with van der Waals surface area (Å²) in [6.07, 6.45) is 33.6. The fourth-order valence-electron chi connectivity index (χ4n) is 5.95. The van der Waals surface area contributed by atoms with Crippen molar-refractivity contribution in [3.05, 3.63) is 0 Å². The number of nitrogens with one attached hydrogen (secondary N) is 1. The number of amides is 1. The van der Waals surface area contributed by atoms with Crippen LogP contribution in [0.1, 0.15) is 207 Å². The van der Waals surface area contributed by atoms with Crippen molar-refractivity contribution in [2.75, 3.05) is 6.61 Å². The second-order valence-electron chi connectivity index (χ2n) is 13.1. The molecule has 0 aromatic heterocycles. The summed E-state index contributed by atoms with van der Waals surface area (Å²) >= 11 is 0. The van der Waals surface area contributed by atoms with Crippen LogP contribution < -0.4 is 5.32 Å². The molecule has 44 heavy (non-hydrogen) atoms. The average molecular weight is 624 g/mol. The van der Waals surface area contributed by atoms with Crippen LogP contribution in [-0.2, 0) is 23.9 Å². The molecule has 0 saturated heterocycles. The largest absolute Gasteiger partial charge is 0.464 e. The van der Waals surface area contributed by atoms with E-state index in [1.54, 1.807) is 0 Å². The smallest absolute Gasteiger partial charge is 0.302 e. The van der Waals surface area contributed by atoms with Gasteiger partial charge in [-0.1, -0.05) is 168 Å². The zero-order chi connectivity index (χ0) is 32.5. The molecule has 0 saturated carbocycles. The molecule has 6 heteroatoms. The standard InChI is InChI=1S/C38H73NO5/c1-5-7-9-11-13-15-17-18-19-20-22-24-26-28-30-32-38(42)39-36(33-43-34(3)40)37(44-35(4)41)31-29-27-25-23-21-16-14-12-10-8-6-2/h36-37H,5-33H2,1-4H3,(H,39,42)/t36-,37+/m1/s1. The second kappa shape index (κ2) is 32.8. The lowest BCUT2D eigenvalue weighted by Crippen LogP contribution is -2.48. The van der Waals surface area contributed by atoms with Gasteiger partial charge in [0.05, 0.1) is 6.04 Å². The van der Waals surface area contributed by atoms with Gasteiger partial charge in [0.25, 0.3) is 0 Å². The molecular formula is C38H73NO5. The van der Waals surface area contributed by atoms with Gasteiger partial charge in [-0.25, -0.2) is 0 Å². The lowest BCUT2D eigenvalue weighted by Gasteiger charge is -2.27. The molecule has 0 aliphatic heterocycles. The van der Waals surface area contributed by atoms with E-state index in [1.807, 2.05) is 0 Å². The molecule has 0 fully saturated rings. The van der Waals surface area contributed by atoms with Gasteiger partial charge in [0.1, 0.15) is 12.7 Å². The molecule has 0 bridgehead atoms. The van der Waals surface area contributed by atoms with Crippen molar-refractivity contribution in [3.8, 4) is 0 Å². The average Bonchev–Trinajstić information content (AvgIpc) is 2.99. The molecule has 1 amide bonds. The fourth-order valence-corrected chi connectivity index (χ4v) is 5.95. The van der Waals surface area contributed by atoms with Gasteiger partial charge in [0, 0.05) is 20.3 Å². The zero-order valence-electron chi connectivity index (χ0n) is 29.7. The molecule has 0 aliphatic rings. The van der Waals surface area contributed by atoms with E-state index in [9.17, 15) is 14.4 Å². The van der Waals surface area contributed by atoms with Crippen LogP contribution in [0.15, 0.2) is 0 Å². The Balaban J connectivity index is 4.21. The van der Waals surface area contributed by atoms with E-state index in [1.165, 1.54) is 149 Å². The van der Waals surface area contributed by atoms with Gasteiger partial charge in [-0.2, -0.15) is 0 Å². The predicted molar refractivity (Wildman–Crippen MR) is 185 cm³/mol. The van der Waals surface area contributed by atoms with E-state index in [2.05, 4.69) is 19.2 Å². The topological polar surface area (TPSA) is 81.7 Å². The Morgan fingerprint density at radius 2 is 0.864 bits per heavy atom. The summed E-state index contributed by atoms with van der Waals surface area (Å²) in [5, 5.41) is 3.02. The SMILES string of the molecule is CCCCCCCCCCCCCCCCCC(=O)N[C@H](COC(C)=O)[C@H](CCCCCCCCCCCCC)OC(C)=O. The van der Waals surface area contributed by atoms with Crippen molar-refractivity contribution in [2.24, 2.45) is 0 Å².